The van der Waals surface area contributed by atoms with E-state index in [1.807, 2.05) is 38.1 Å². The number of aromatic hydroxyl groups is 1. The van der Waals surface area contributed by atoms with Crippen molar-refractivity contribution >= 4 is 28.5 Å². The monoisotopic (exact) mass is 443 g/mol. The minimum Gasteiger partial charge on any atom is -0.504 e. The first-order valence-corrected chi connectivity index (χ1v) is 8.77. The van der Waals surface area contributed by atoms with Gasteiger partial charge < -0.3 is 15.5 Å². The van der Waals surface area contributed by atoms with Crippen LogP contribution in [0.25, 0.3) is 5.69 Å². The third-order valence-corrected chi connectivity index (χ3v) is 4.50. The molecule has 7 heteroatoms. The number of hydrogen-bond acceptors (Lipinski definition) is 4. The summed E-state index contributed by atoms with van der Waals surface area (Å²) in [5, 5.41) is 26.5. The van der Waals surface area contributed by atoms with E-state index in [1.165, 1.54) is 10.9 Å². The molecule has 0 fully saturated rings. The fraction of sp³-hybridized carbons (Fsp3) is 0.412. The molecular weight excluding hydrogens is 421 g/mol. The molecule has 3 N–H and O–H groups in total. The van der Waals surface area contributed by atoms with E-state index in [0.717, 1.165) is 9.26 Å². The zero-order chi connectivity index (χ0) is 17.9. The Bertz CT molecular complexity index is 726. The second-order valence-corrected chi connectivity index (χ2v) is 7.82. The smallest absolute Gasteiger partial charge is 0.275 e. The highest BCUT2D eigenvalue weighted by atomic mass is 127. The summed E-state index contributed by atoms with van der Waals surface area (Å²) in [7, 11) is 0. The topological polar surface area (TPSA) is 87.4 Å². The lowest BCUT2D eigenvalue weighted by molar-refractivity contribution is 0.0894. The van der Waals surface area contributed by atoms with Crippen molar-refractivity contribution < 1.29 is 15.0 Å². The SMILES string of the molecule is CC(O)CC(C)(C)CNC(=O)c1nn(-c2ccccc2I)cc1O. The number of nitrogens with zero attached hydrogens (tertiary/aromatic N) is 2. The molecule has 1 heterocycles. The summed E-state index contributed by atoms with van der Waals surface area (Å²) in [6.45, 7) is 6.03. The third kappa shape index (κ3) is 4.70. The number of para-hydroxylation sites is 1. The first-order valence-electron chi connectivity index (χ1n) is 7.69. The van der Waals surface area contributed by atoms with Gasteiger partial charge >= 0.3 is 0 Å². The van der Waals surface area contributed by atoms with Gasteiger partial charge in [0.25, 0.3) is 5.91 Å². The molecule has 0 radical (unpaired) electrons. The number of benzene rings is 1. The van der Waals surface area contributed by atoms with E-state index < -0.39 is 12.0 Å². The van der Waals surface area contributed by atoms with E-state index in [4.69, 9.17) is 0 Å². The predicted octanol–water partition coefficient (Wildman–Crippen LogP) is 2.71. The Balaban J connectivity index is 2.13. The molecule has 130 valence electrons. The number of carbonyl (C=O) groups excluding carboxylic acids is 1. The Morgan fingerprint density at radius 3 is 2.71 bits per heavy atom. The minimum absolute atomic E-state index is 0.0116. The minimum atomic E-state index is -0.440. The van der Waals surface area contributed by atoms with Gasteiger partial charge in [0.2, 0.25) is 0 Å². The average molecular weight is 443 g/mol. The standard InChI is InChI=1S/C17H22IN3O3/c1-11(22)8-17(2,3)10-19-16(24)15-14(23)9-21(20-15)13-7-5-4-6-12(13)18/h4-7,9,11,22-23H,8,10H2,1-3H3,(H,19,24). The lowest BCUT2D eigenvalue weighted by Gasteiger charge is -2.26. The number of rotatable bonds is 6. The molecule has 0 bridgehead atoms. The van der Waals surface area contributed by atoms with Crippen molar-refractivity contribution in [3.05, 3.63) is 39.7 Å². The second kappa shape index (κ2) is 7.52. The van der Waals surface area contributed by atoms with Crippen molar-refractivity contribution in [3.63, 3.8) is 0 Å². The normalized spacial score (nSPS) is 12.9. The van der Waals surface area contributed by atoms with E-state index in [1.54, 1.807) is 6.92 Å². The maximum absolute atomic E-state index is 12.3. The van der Waals surface area contributed by atoms with Crippen LogP contribution in [0.3, 0.4) is 0 Å². The molecule has 0 aliphatic heterocycles. The Labute approximate surface area is 155 Å². The van der Waals surface area contributed by atoms with Crippen LogP contribution in [0.4, 0.5) is 0 Å². The van der Waals surface area contributed by atoms with Crippen LogP contribution in [-0.2, 0) is 0 Å². The Kier molecular flexibility index (Phi) is 5.87. The summed E-state index contributed by atoms with van der Waals surface area (Å²) in [5.41, 5.74) is 0.529. The lowest BCUT2D eigenvalue weighted by Crippen LogP contribution is -2.36. The molecule has 0 aliphatic carbocycles. The van der Waals surface area contributed by atoms with Crippen molar-refractivity contribution in [2.75, 3.05) is 6.54 Å². The van der Waals surface area contributed by atoms with Crippen molar-refractivity contribution in [1.82, 2.24) is 15.1 Å². The maximum Gasteiger partial charge on any atom is 0.275 e. The predicted molar refractivity (Wildman–Crippen MR) is 100 cm³/mol. The highest BCUT2D eigenvalue weighted by Gasteiger charge is 2.23. The van der Waals surface area contributed by atoms with E-state index in [-0.39, 0.29) is 16.9 Å². The molecule has 24 heavy (non-hydrogen) atoms. The molecule has 0 saturated heterocycles. The fourth-order valence-corrected chi connectivity index (χ4v) is 3.20. The van der Waals surface area contributed by atoms with E-state index in [2.05, 4.69) is 33.0 Å². The molecule has 1 aromatic carbocycles. The number of halogens is 1. The van der Waals surface area contributed by atoms with Gasteiger partial charge in [-0.05, 0) is 53.5 Å². The van der Waals surface area contributed by atoms with E-state index in [0.29, 0.717) is 13.0 Å². The van der Waals surface area contributed by atoms with Gasteiger partial charge in [0, 0.05) is 10.1 Å². The Hall–Kier alpha value is -1.61. The van der Waals surface area contributed by atoms with Gasteiger partial charge in [-0.25, -0.2) is 4.68 Å². The molecule has 1 aromatic heterocycles. The van der Waals surface area contributed by atoms with E-state index >= 15 is 0 Å². The number of aliphatic hydroxyl groups excluding tert-OH is 1. The number of aliphatic hydroxyl groups is 1. The zero-order valence-electron chi connectivity index (χ0n) is 14.0. The molecule has 6 nitrogen and oxygen atoms in total. The van der Waals surface area contributed by atoms with Crippen molar-refractivity contribution in [3.8, 4) is 11.4 Å². The van der Waals surface area contributed by atoms with Gasteiger partial charge in [-0.2, -0.15) is 5.10 Å². The van der Waals surface area contributed by atoms with Crippen LogP contribution < -0.4 is 5.32 Å². The van der Waals surface area contributed by atoms with Gasteiger partial charge in [-0.15, -0.1) is 0 Å². The van der Waals surface area contributed by atoms with Crippen LogP contribution in [0.2, 0.25) is 0 Å². The number of amides is 1. The fourth-order valence-electron chi connectivity index (χ4n) is 2.56. The van der Waals surface area contributed by atoms with Crippen LogP contribution in [0.15, 0.2) is 30.5 Å². The first-order chi connectivity index (χ1) is 11.2. The van der Waals surface area contributed by atoms with E-state index in [9.17, 15) is 15.0 Å². The van der Waals surface area contributed by atoms with Gasteiger partial charge in [-0.1, -0.05) is 26.0 Å². The van der Waals surface area contributed by atoms with Crippen LogP contribution in [0.1, 0.15) is 37.7 Å². The third-order valence-electron chi connectivity index (χ3n) is 3.58. The van der Waals surface area contributed by atoms with Gasteiger partial charge in [0.15, 0.2) is 11.4 Å². The Morgan fingerprint density at radius 2 is 2.08 bits per heavy atom. The summed E-state index contributed by atoms with van der Waals surface area (Å²) >= 11 is 2.17. The summed E-state index contributed by atoms with van der Waals surface area (Å²) in [6.07, 6.45) is 1.55. The van der Waals surface area contributed by atoms with Crippen LogP contribution >= 0.6 is 22.6 Å². The van der Waals surface area contributed by atoms with Crippen LogP contribution in [-0.4, -0.2) is 38.5 Å². The van der Waals surface area contributed by atoms with Crippen molar-refractivity contribution in [1.29, 1.82) is 0 Å². The molecule has 0 saturated carbocycles. The molecule has 1 atom stereocenters. The second-order valence-electron chi connectivity index (χ2n) is 6.66. The molecule has 2 aromatic rings. The highest BCUT2D eigenvalue weighted by Crippen LogP contribution is 2.23. The summed E-state index contributed by atoms with van der Waals surface area (Å²) in [5.74, 6) is -0.601. The molecule has 2 rings (SSSR count). The summed E-state index contributed by atoms with van der Waals surface area (Å²) < 4.78 is 2.45. The maximum atomic E-state index is 12.3. The first kappa shape index (κ1) is 18.7. The molecule has 1 unspecified atom stereocenters. The average Bonchev–Trinajstić information content (AvgIpc) is 2.86. The van der Waals surface area contributed by atoms with Gasteiger partial charge in [-0.3, -0.25) is 4.79 Å². The van der Waals surface area contributed by atoms with Gasteiger partial charge in [0.1, 0.15) is 0 Å². The van der Waals surface area contributed by atoms with Gasteiger partial charge in [0.05, 0.1) is 18.0 Å². The summed E-state index contributed by atoms with van der Waals surface area (Å²) in [6, 6.07) is 7.57. The van der Waals surface area contributed by atoms with Crippen LogP contribution in [0.5, 0.6) is 5.75 Å². The molecular formula is C17H22IN3O3. The largest absolute Gasteiger partial charge is 0.504 e. The number of aromatic nitrogens is 2. The number of hydrogen-bond donors (Lipinski definition) is 3. The highest BCUT2D eigenvalue weighted by molar-refractivity contribution is 14.1. The molecule has 0 aliphatic rings. The van der Waals surface area contributed by atoms with Crippen molar-refractivity contribution in [2.24, 2.45) is 5.41 Å². The zero-order valence-corrected chi connectivity index (χ0v) is 16.1. The molecule has 0 spiro atoms. The van der Waals surface area contributed by atoms with Crippen LogP contribution in [0, 0.1) is 8.99 Å². The Morgan fingerprint density at radius 1 is 1.42 bits per heavy atom. The summed E-state index contributed by atoms with van der Waals surface area (Å²) in [4.78, 5) is 12.3. The lowest BCUT2D eigenvalue weighted by atomic mass is 9.87. The number of nitrogens with one attached hydrogen (secondary N) is 1. The van der Waals surface area contributed by atoms with Crippen molar-refractivity contribution in [2.45, 2.75) is 33.3 Å². The quantitative estimate of drug-likeness (QED) is 0.600. The molecule has 1 amide bonds. The number of carbonyl (C=O) groups is 1.